The van der Waals surface area contributed by atoms with E-state index in [2.05, 4.69) is 0 Å². The number of halogens is 1. The van der Waals surface area contributed by atoms with Crippen LogP contribution in [0.5, 0.6) is 0 Å². The summed E-state index contributed by atoms with van der Waals surface area (Å²) in [6, 6.07) is 0. The fraction of sp³-hybridized carbons (Fsp3) is 0.714. The van der Waals surface area contributed by atoms with E-state index in [0.717, 1.165) is 12.8 Å². The van der Waals surface area contributed by atoms with Crippen LogP contribution in [-0.2, 0) is 0 Å². The topological polar surface area (TPSA) is 20.2 Å². The lowest BCUT2D eigenvalue weighted by molar-refractivity contribution is 0.289. The molecule has 0 aliphatic rings. The molecule has 0 aliphatic heterocycles. The lowest BCUT2D eigenvalue weighted by Gasteiger charge is -1.86. The van der Waals surface area contributed by atoms with Gasteiger partial charge in [-0.15, -0.1) is 0 Å². The first-order valence-corrected chi connectivity index (χ1v) is 3.23. The van der Waals surface area contributed by atoms with Crippen molar-refractivity contribution in [2.24, 2.45) is 0 Å². The van der Waals surface area contributed by atoms with Gasteiger partial charge in [-0.05, 0) is 19.3 Å². The Kier molecular flexibility index (Phi) is 7.32. The van der Waals surface area contributed by atoms with E-state index in [1.807, 2.05) is 6.08 Å². The van der Waals surface area contributed by atoms with Crippen LogP contribution in [-0.4, -0.2) is 18.4 Å². The maximum atomic E-state index is 11.4. The Balaban J connectivity index is 2.86. The lowest BCUT2D eigenvalue weighted by atomic mass is 10.3. The summed E-state index contributed by atoms with van der Waals surface area (Å²) >= 11 is 0. The molecule has 0 atom stereocenters. The molecule has 0 heterocycles. The molecule has 0 saturated carbocycles. The number of allylic oxidation sites excluding steroid dienone is 2. The van der Waals surface area contributed by atoms with Gasteiger partial charge in [0.2, 0.25) is 0 Å². The normalized spacial score (nSPS) is 10.9. The zero-order valence-corrected chi connectivity index (χ0v) is 5.52. The number of aliphatic hydroxyl groups is 1. The Labute approximate surface area is 55.2 Å². The molecule has 0 aliphatic carbocycles. The van der Waals surface area contributed by atoms with Crippen LogP contribution in [0.1, 0.15) is 19.3 Å². The summed E-state index contributed by atoms with van der Waals surface area (Å²) in [6.07, 6.45) is 5.84. The predicted molar refractivity (Wildman–Crippen MR) is 36.1 cm³/mol. The standard InChI is InChI=1S/C7H13FO/c8-6-4-2-1-3-5-7-9/h1-2,9H,3-7H2/b2-1+. The van der Waals surface area contributed by atoms with Crippen LogP contribution in [0, 0.1) is 0 Å². The van der Waals surface area contributed by atoms with E-state index in [9.17, 15) is 4.39 Å². The minimum Gasteiger partial charge on any atom is -0.396 e. The van der Waals surface area contributed by atoms with Crippen LogP contribution < -0.4 is 0 Å². The van der Waals surface area contributed by atoms with Gasteiger partial charge in [-0.3, -0.25) is 4.39 Å². The van der Waals surface area contributed by atoms with Crippen molar-refractivity contribution in [1.29, 1.82) is 0 Å². The highest BCUT2D eigenvalue weighted by molar-refractivity contribution is 4.80. The Morgan fingerprint density at radius 2 is 1.89 bits per heavy atom. The van der Waals surface area contributed by atoms with E-state index in [0.29, 0.717) is 6.42 Å². The van der Waals surface area contributed by atoms with E-state index in [1.54, 1.807) is 6.08 Å². The fourth-order valence-corrected chi connectivity index (χ4v) is 0.508. The molecule has 0 unspecified atom stereocenters. The summed E-state index contributed by atoms with van der Waals surface area (Å²) in [5.74, 6) is 0. The summed E-state index contributed by atoms with van der Waals surface area (Å²) < 4.78 is 11.4. The van der Waals surface area contributed by atoms with Gasteiger partial charge in [0.1, 0.15) is 0 Å². The van der Waals surface area contributed by atoms with E-state index >= 15 is 0 Å². The molecule has 0 saturated heterocycles. The molecule has 0 radical (unpaired) electrons. The Morgan fingerprint density at radius 1 is 1.22 bits per heavy atom. The van der Waals surface area contributed by atoms with Crippen LogP contribution in [0.25, 0.3) is 0 Å². The molecule has 0 aromatic heterocycles. The first-order valence-electron chi connectivity index (χ1n) is 3.23. The van der Waals surface area contributed by atoms with Crippen molar-refractivity contribution in [2.45, 2.75) is 19.3 Å². The minimum absolute atomic E-state index is 0.222. The molecular formula is C7H13FO. The lowest BCUT2D eigenvalue weighted by Crippen LogP contribution is -1.78. The fourth-order valence-electron chi connectivity index (χ4n) is 0.508. The van der Waals surface area contributed by atoms with Crippen molar-refractivity contribution in [2.75, 3.05) is 13.3 Å². The van der Waals surface area contributed by atoms with Gasteiger partial charge in [0.05, 0.1) is 6.67 Å². The molecule has 0 spiro atoms. The average Bonchev–Trinajstić information content (AvgIpc) is 1.89. The molecule has 0 aromatic carbocycles. The van der Waals surface area contributed by atoms with Gasteiger partial charge in [-0.2, -0.15) is 0 Å². The van der Waals surface area contributed by atoms with Crippen molar-refractivity contribution < 1.29 is 9.50 Å². The third-order valence-corrected chi connectivity index (χ3v) is 0.971. The smallest absolute Gasteiger partial charge is 0.0928 e. The molecule has 0 fully saturated rings. The summed E-state index contributed by atoms with van der Waals surface area (Å²) in [6.45, 7) is -0.0599. The van der Waals surface area contributed by atoms with Gasteiger partial charge in [-0.1, -0.05) is 12.2 Å². The minimum atomic E-state index is -0.282. The second-order valence-electron chi connectivity index (χ2n) is 1.81. The molecular weight excluding hydrogens is 119 g/mol. The third-order valence-electron chi connectivity index (χ3n) is 0.971. The Morgan fingerprint density at radius 3 is 2.44 bits per heavy atom. The number of hydrogen-bond donors (Lipinski definition) is 1. The van der Waals surface area contributed by atoms with Crippen molar-refractivity contribution in [3.8, 4) is 0 Å². The number of aliphatic hydroxyl groups excluding tert-OH is 1. The highest BCUT2D eigenvalue weighted by atomic mass is 19.1. The first-order chi connectivity index (χ1) is 4.41. The van der Waals surface area contributed by atoms with Crippen LogP contribution in [0.4, 0.5) is 4.39 Å². The number of unbranched alkanes of at least 4 members (excludes halogenated alkanes) is 1. The predicted octanol–water partition coefficient (Wildman–Crippen LogP) is 1.67. The summed E-state index contributed by atoms with van der Waals surface area (Å²) in [5, 5.41) is 8.31. The SMILES string of the molecule is OCCC/C=C/CCF. The van der Waals surface area contributed by atoms with Crippen molar-refractivity contribution in [3.63, 3.8) is 0 Å². The van der Waals surface area contributed by atoms with E-state index in [1.165, 1.54) is 0 Å². The molecule has 9 heavy (non-hydrogen) atoms. The summed E-state index contributed by atoms with van der Waals surface area (Å²) in [7, 11) is 0. The summed E-state index contributed by atoms with van der Waals surface area (Å²) in [5.41, 5.74) is 0. The highest BCUT2D eigenvalue weighted by Crippen LogP contribution is 1.91. The molecule has 0 rings (SSSR count). The van der Waals surface area contributed by atoms with Gasteiger partial charge >= 0.3 is 0 Å². The number of rotatable bonds is 5. The zero-order valence-electron chi connectivity index (χ0n) is 5.52. The van der Waals surface area contributed by atoms with Gasteiger partial charge in [0, 0.05) is 6.61 Å². The third kappa shape index (κ3) is 7.63. The van der Waals surface area contributed by atoms with Crippen molar-refractivity contribution in [1.82, 2.24) is 0 Å². The highest BCUT2D eigenvalue weighted by Gasteiger charge is 1.78. The molecule has 0 bridgehead atoms. The van der Waals surface area contributed by atoms with Crippen LogP contribution in [0.15, 0.2) is 12.2 Å². The molecule has 0 aromatic rings. The van der Waals surface area contributed by atoms with Crippen LogP contribution >= 0.6 is 0 Å². The summed E-state index contributed by atoms with van der Waals surface area (Å²) in [4.78, 5) is 0. The van der Waals surface area contributed by atoms with Gasteiger partial charge in [0.25, 0.3) is 0 Å². The molecule has 54 valence electrons. The number of alkyl halides is 1. The maximum Gasteiger partial charge on any atom is 0.0928 e. The first kappa shape index (κ1) is 8.63. The van der Waals surface area contributed by atoms with E-state index in [-0.39, 0.29) is 13.3 Å². The largest absolute Gasteiger partial charge is 0.396 e. The second-order valence-corrected chi connectivity index (χ2v) is 1.81. The second kappa shape index (κ2) is 7.63. The number of hydrogen-bond acceptors (Lipinski definition) is 1. The van der Waals surface area contributed by atoms with E-state index in [4.69, 9.17) is 5.11 Å². The Hall–Kier alpha value is -0.370. The van der Waals surface area contributed by atoms with Gasteiger partial charge in [0.15, 0.2) is 0 Å². The average molecular weight is 132 g/mol. The maximum absolute atomic E-state index is 11.4. The molecule has 1 N–H and O–H groups in total. The van der Waals surface area contributed by atoms with Crippen molar-refractivity contribution >= 4 is 0 Å². The Bertz CT molecular complexity index is 71.3. The van der Waals surface area contributed by atoms with Crippen LogP contribution in [0.3, 0.4) is 0 Å². The zero-order chi connectivity index (χ0) is 6.95. The molecule has 1 nitrogen and oxygen atoms in total. The molecule has 2 heteroatoms. The van der Waals surface area contributed by atoms with Crippen LogP contribution in [0.2, 0.25) is 0 Å². The van der Waals surface area contributed by atoms with Crippen molar-refractivity contribution in [3.05, 3.63) is 12.2 Å². The van der Waals surface area contributed by atoms with Gasteiger partial charge in [-0.25, -0.2) is 0 Å². The quantitative estimate of drug-likeness (QED) is 0.445. The van der Waals surface area contributed by atoms with Gasteiger partial charge < -0.3 is 5.11 Å². The molecule has 0 amide bonds. The van der Waals surface area contributed by atoms with E-state index < -0.39 is 0 Å². The monoisotopic (exact) mass is 132 g/mol.